The van der Waals surface area contributed by atoms with E-state index in [0.717, 1.165) is 22.1 Å². The van der Waals surface area contributed by atoms with Crippen molar-refractivity contribution >= 4 is 27.3 Å². The third kappa shape index (κ3) is 3.80. The number of nitro groups is 1. The van der Waals surface area contributed by atoms with E-state index in [1.807, 2.05) is 18.2 Å². The number of hydrogen-bond donors (Lipinski definition) is 1. The van der Waals surface area contributed by atoms with Crippen LogP contribution in [-0.4, -0.2) is 11.5 Å². The van der Waals surface area contributed by atoms with Gasteiger partial charge < -0.3 is 5.32 Å². The van der Waals surface area contributed by atoms with E-state index >= 15 is 0 Å². The van der Waals surface area contributed by atoms with Crippen molar-refractivity contribution in [2.24, 2.45) is 0 Å². The van der Waals surface area contributed by atoms with Crippen LogP contribution in [0, 0.1) is 21.4 Å². The maximum Gasteiger partial charge on any atom is 0.269 e. The fourth-order valence-electron chi connectivity index (χ4n) is 1.91. The Morgan fingerprint density at radius 2 is 1.95 bits per heavy atom. The Bertz CT molecular complexity index is 693. The smallest absolute Gasteiger partial charge is 0.269 e. The number of rotatable bonds is 5. The lowest BCUT2D eigenvalue weighted by molar-refractivity contribution is -0.384. The van der Waals surface area contributed by atoms with Crippen molar-refractivity contribution in [3.05, 3.63) is 68.2 Å². The zero-order valence-corrected chi connectivity index (χ0v) is 12.6. The Balaban J connectivity index is 1.97. The van der Waals surface area contributed by atoms with Gasteiger partial charge in [0.2, 0.25) is 0 Å². The van der Waals surface area contributed by atoms with Gasteiger partial charge in [0.15, 0.2) is 0 Å². The van der Waals surface area contributed by atoms with Crippen LogP contribution in [0.3, 0.4) is 0 Å². The van der Waals surface area contributed by atoms with E-state index in [1.165, 1.54) is 12.1 Å². The molecule has 0 heterocycles. The van der Waals surface area contributed by atoms with Crippen LogP contribution >= 0.6 is 15.9 Å². The first-order valence-electron chi connectivity index (χ1n) is 6.27. The molecule has 0 unspecified atom stereocenters. The van der Waals surface area contributed by atoms with Crippen LogP contribution in [-0.2, 0) is 6.42 Å². The predicted octanol–water partition coefficient (Wildman–Crippen LogP) is 3.88. The van der Waals surface area contributed by atoms with E-state index in [4.69, 9.17) is 5.26 Å². The van der Waals surface area contributed by atoms with Crippen LogP contribution in [0.5, 0.6) is 0 Å². The van der Waals surface area contributed by atoms with E-state index in [9.17, 15) is 10.1 Å². The largest absolute Gasteiger partial charge is 0.384 e. The van der Waals surface area contributed by atoms with E-state index in [-0.39, 0.29) is 5.69 Å². The van der Waals surface area contributed by atoms with Crippen LogP contribution in [0.4, 0.5) is 11.4 Å². The number of non-ortho nitro benzene ring substituents is 1. The number of nitro benzene ring substituents is 1. The zero-order chi connectivity index (χ0) is 15.2. The van der Waals surface area contributed by atoms with Gasteiger partial charge in [-0.05, 0) is 40.0 Å². The fraction of sp³-hybridized carbons (Fsp3) is 0.133. The van der Waals surface area contributed by atoms with Crippen molar-refractivity contribution < 1.29 is 4.92 Å². The van der Waals surface area contributed by atoms with Gasteiger partial charge in [0.1, 0.15) is 6.07 Å². The number of anilines is 1. The van der Waals surface area contributed by atoms with E-state index in [1.54, 1.807) is 12.1 Å². The van der Waals surface area contributed by atoms with Gasteiger partial charge in [-0.2, -0.15) is 5.26 Å². The summed E-state index contributed by atoms with van der Waals surface area (Å²) in [6.07, 6.45) is 0.718. The molecule has 0 amide bonds. The highest BCUT2D eigenvalue weighted by Gasteiger charge is 2.06. The highest BCUT2D eigenvalue weighted by Crippen LogP contribution is 2.23. The fourth-order valence-corrected chi connectivity index (χ4v) is 2.37. The first-order chi connectivity index (χ1) is 10.1. The Hall–Kier alpha value is -2.39. The van der Waals surface area contributed by atoms with Crippen LogP contribution in [0.2, 0.25) is 0 Å². The molecule has 0 aliphatic heterocycles. The summed E-state index contributed by atoms with van der Waals surface area (Å²) in [6, 6.07) is 14.1. The van der Waals surface area contributed by atoms with E-state index < -0.39 is 4.92 Å². The Kier molecular flexibility index (Phi) is 4.90. The Labute approximate surface area is 130 Å². The summed E-state index contributed by atoms with van der Waals surface area (Å²) in [6.45, 7) is 0.642. The molecule has 0 saturated carbocycles. The van der Waals surface area contributed by atoms with Crippen LogP contribution in [0.15, 0.2) is 46.9 Å². The molecule has 21 heavy (non-hydrogen) atoms. The summed E-state index contributed by atoms with van der Waals surface area (Å²) in [5, 5.41) is 22.9. The second-order valence-electron chi connectivity index (χ2n) is 4.37. The number of nitrogens with one attached hydrogen (secondary N) is 1. The van der Waals surface area contributed by atoms with Crippen LogP contribution in [0.1, 0.15) is 11.1 Å². The van der Waals surface area contributed by atoms with E-state index in [0.29, 0.717) is 12.1 Å². The first-order valence-corrected chi connectivity index (χ1v) is 7.07. The summed E-state index contributed by atoms with van der Waals surface area (Å²) >= 11 is 3.34. The van der Waals surface area contributed by atoms with Gasteiger partial charge in [0.25, 0.3) is 5.69 Å². The number of nitriles is 1. The van der Waals surface area contributed by atoms with Gasteiger partial charge in [-0.1, -0.05) is 18.2 Å². The average molecular weight is 346 g/mol. The Morgan fingerprint density at radius 3 is 2.57 bits per heavy atom. The second-order valence-corrected chi connectivity index (χ2v) is 5.23. The molecule has 106 valence electrons. The molecule has 0 aromatic heterocycles. The summed E-state index contributed by atoms with van der Waals surface area (Å²) in [5.41, 5.74) is 2.43. The quantitative estimate of drug-likeness (QED) is 0.658. The molecule has 0 bridgehead atoms. The minimum Gasteiger partial charge on any atom is -0.384 e. The minimum atomic E-state index is -0.414. The lowest BCUT2D eigenvalue weighted by atomic mass is 10.1. The molecular formula is C15H12BrN3O2. The summed E-state index contributed by atoms with van der Waals surface area (Å²) in [7, 11) is 0. The lowest BCUT2D eigenvalue weighted by Gasteiger charge is -2.09. The van der Waals surface area contributed by atoms with Crippen molar-refractivity contribution in [1.29, 1.82) is 5.26 Å². The summed E-state index contributed by atoms with van der Waals surface area (Å²) in [5.74, 6) is 0. The summed E-state index contributed by atoms with van der Waals surface area (Å²) in [4.78, 5) is 10.2. The van der Waals surface area contributed by atoms with Gasteiger partial charge in [-0.25, -0.2) is 0 Å². The lowest BCUT2D eigenvalue weighted by Crippen LogP contribution is -2.06. The number of halogens is 1. The number of benzene rings is 2. The summed E-state index contributed by atoms with van der Waals surface area (Å²) < 4.78 is 0.755. The second kappa shape index (κ2) is 6.86. The van der Waals surface area contributed by atoms with Crippen LogP contribution < -0.4 is 5.32 Å². The maximum absolute atomic E-state index is 10.6. The van der Waals surface area contributed by atoms with Gasteiger partial charge in [-0.15, -0.1) is 0 Å². The van der Waals surface area contributed by atoms with Gasteiger partial charge in [0.05, 0.1) is 16.2 Å². The molecule has 0 aliphatic carbocycles. The van der Waals surface area contributed by atoms with Gasteiger partial charge in [-0.3, -0.25) is 10.1 Å². The molecular weight excluding hydrogens is 334 g/mol. The van der Waals surface area contributed by atoms with E-state index in [2.05, 4.69) is 27.3 Å². The first kappa shape index (κ1) is 15.0. The molecule has 6 heteroatoms. The third-order valence-corrected chi connectivity index (χ3v) is 3.66. The highest BCUT2D eigenvalue weighted by molar-refractivity contribution is 9.10. The molecule has 0 aliphatic rings. The predicted molar refractivity (Wildman–Crippen MR) is 84.1 cm³/mol. The van der Waals surface area contributed by atoms with Gasteiger partial charge >= 0.3 is 0 Å². The van der Waals surface area contributed by atoms with Crippen molar-refractivity contribution in [2.75, 3.05) is 11.9 Å². The maximum atomic E-state index is 10.6. The van der Waals surface area contributed by atoms with Crippen molar-refractivity contribution in [3.63, 3.8) is 0 Å². The molecule has 0 saturated heterocycles. The third-order valence-electron chi connectivity index (χ3n) is 3.00. The molecule has 2 aromatic rings. The normalized spacial score (nSPS) is 9.90. The molecule has 0 radical (unpaired) electrons. The molecule has 0 atom stereocenters. The van der Waals surface area contributed by atoms with Crippen molar-refractivity contribution in [3.8, 4) is 6.07 Å². The molecule has 1 N–H and O–H groups in total. The standard InChI is InChI=1S/C15H12BrN3O2/c16-14-2-1-3-15(13(14)10-17)18-9-8-11-4-6-12(7-5-11)19(20)21/h1-7,18H,8-9H2. The zero-order valence-electron chi connectivity index (χ0n) is 11.0. The van der Waals surface area contributed by atoms with Crippen molar-refractivity contribution in [1.82, 2.24) is 0 Å². The van der Waals surface area contributed by atoms with Gasteiger partial charge in [0, 0.05) is 23.2 Å². The van der Waals surface area contributed by atoms with Crippen LogP contribution in [0.25, 0.3) is 0 Å². The molecule has 2 rings (SSSR count). The SMILES string of the molecule is N#Cc1c(Br)cccc1NCCc1ccc([N+](=O)[O-])cc1. The topological polar surface area (TPSA) is 79.0 Å². The molecule has 5 nitrogen and oxygen atoms in total. The highest BCUT2D eigenvalue weighted by atomic mass is 79.9. The average Bonchev–Trinajstić information content (AvgIpc) is 2.48. The molecule has 0 spiro atoms. The Morgan fingerprint density at radius 1 is 1.24 bits per heavy atom. The molecule has 2 aromatic carbocycles. The number of hydrogen-bond acceptors (Lipinski definition) is 4. The number of nitrogens with zero attached hydrogens (tertiary/aromatic N) is 2. The minimum absolute atomic E-state index is 0.0884. The van der Waals surface area contributed by atoms with Crippen molar-refractivity contribution in [2.45, 2.75) is 6.42 Å². The monoisotopic (exact) mass is 345 g/mol. The molecule has 0 fully saturated rings.